The molecule has 1 saturated carbocycles. The quantitative estimate of drug-likeness (QED) is 0.771. The maximum absolute atomic E-state index is 9.50. The second-order valence-corrected chi connectivity index (χ2v) is 5.33. The van der Waals surface area contributed by atoms with Crippen molar-refractivity contribution in [3.63, 3.8) is 0 Å². The number of nitrogens with one attached hydrogen (secondary N) is 1. The minimum Gasteiger partial charge on any atom is -0.508 e. The van der Waals surface area contributed by atoms with Crippen molar-refractivity contribution in [2.24, 2.45) is 5.92 Å². The molecule has 2 rings (SSSR count). The van der Waals surface area contributed by atoms with Crippen molar-refractivity contribution in [3.05, 3.63) is 23.8 Å². The topological polar surface area (TPSA) is 32.3 Å². The van der Waals surface area contributed by atoms with Gasteiger partial charge in [-0.15, -0.1) is 0 Å². The molecule has 2 heteroatoms. The Morgan fingerprint density at radius 3 is 2.59 bits per heavy atom. The highest BCUT2D eigenvalue weighted by Crippen LogP contribution is 2.29. The second-order valence-electron chi connectivity index (χ2n) is 5.33. The van der Waals surface area contributed by atoms with E-state index < -0.39 is 0 Å². The van der Waals surface area contributed by atoms with Crippen LogP contribution in [0.3, 0.4) is 0 Å². The molecule has 0 amide bonds. The highest BCUT2D eigenvalue weighted by molar-refractivity contribution is 5.50. The summed E-state index contributed by atoms with van der Waals surface area (Å²) in [6.07, 6.45) is 6.87. The van der Waals surface area contributed by atoms with Gasteiger partial charge in [-0.2, -0.15) is 0 Å². The van der Waals surface area contributed by atoms with Crippen LogP contribution >= 0.6 is 0 Å². The lowest BCUT2D eigenvalue weighted by atomic mass is 9.84. The third kappa shape index (κ3) is 3.15. The van der Waals surface area contributed by atoms with Gasteiger partial charge in [0, 0.05) is 11.7 Å². The Kier molecular flexibility index (Phi) is 3.93. The van der Waals surface area contributed by atoms with Crippen LogP contribution in [0.25, 0.3) is 0 Å². The first kappa shape index (κ1) is 12.3. The van der Waals surface area contributed by atoms with Gasteiger partial charge in [0.15, 0.2) is 0 Å². The highest BCUT2D eigenvalue weighted by Gasteiger charge is 2.19. The molecule has 1 fully saturated rings. The van der Waals surface area contributed by atoms with E-state index in [2.05, 4.69) is 12.2 Å². The standard InChI is InChI=1S/C15H23NO/c1-11-10-14(8-9-15(11)17)16-12(2)13-6-4-3-5-7-13/h8-10,12-13,16-17H,3-7H2,1-2H3. The summed E-state index contributed by atoms with van der Waals surface area (Å²) in [5.74, 6) is 1.18. The molecule has 0 aromatic heterocycles. The molecular weight excluding hydrogens is 210 g/mol. The monoisotopic (exact) mass is 233 g/mol. The molecule has 94 valence electrons. The van der Waals surface area contributed by atoms with Crippen LogP contribution in [0.4, 0.5) is 5.69 Å². The van der Waals surface area contributed by atoms with Gasteiger partial charge in [0.2, 0.25) is 0 Å². The van der Waals surface area contributed by atoms with Crippen molar-refractivity contribution in [1.29, 1.82) is 0 Å². The molecule has 1 atom stereocenters. The van der Waals surface area contributed by atoms with Gasteiger partial charge in [0.1, 0.15) is 5.75 Å². The summed E-state index contributed by atoms with van der Waals surface area (Å²) in [7, 11) is 0. The molecule has 17 heavy (non-hydrogen) atoms. The zero-order valence-electron chi connectivity index (χ0n) is 10.9. The summed E-state index contributed by atoms with van der Waals surface area (Å²) < 4.78 is 0. The summed E-state index contributed by atoms with van der Waals surface area (Å²) in [4.78, 5) is 0. The smallest absolute Gasteiger partial charge is 0.118 e. The molecule has 1 unspecified atom stereocenters. The van der Waals surface area contributed by atoms with Crippen LogP contribution in [0, 0.1) is 12.8 Å². The number of phenols is 1. The molecule has 0 saturated heterocycles. The minimum atomic E-state index is 0.376. The first-order chi connectivity index (χ1) is 8.16. The molecule has 1 aliphatic carbocycles. The predicted molar refractivity (Wildman–Crippen MR) is 72.5 cm³/mol. The van der Waals surface area contributed by atoms with Crippen molar-refractivity contribution >= 4 is 5.69 Å². The van der Waals surface area contributed by atoms with E-state index in [1.165, 1.54) is 32.1 Å². The summed E-state index contributed by atoms with van der Waals surface area (Å²) in [6, 6.07) is 6.28. The van der Waals surface area contributed by atoms with Crippen LogP contribution in [0.5, 0.6) is 5.75 Å². The van der Waals surface area contributed by atoms with Gasteiger partial charge in [0.05, 0.1) is 0 Å². The van der Waals surface area contributed by atoms with Crippen molar-refractivity contribution < 1.29 is 5.11 Å². The van der Waals surface area contributed by atoms with E-state index in [1.807, 2.05) is 19.1 Å². The fourth-order valence-electron chi connectivity index (χ4n) is 2.76. The van der Waals surface area contributed by atoms with E-state index in [-0.39, 0.29) is 0 Å². The molecular formula is C15H23NO. The summed E-state index contributed by atoms with van der Waals surface area (Å²) >= 11 is 0. The zero-order chi connectivity index (χ0) is 12.3. The first-order valence-corrected chi connectivity index (χ1v) is 6.73. The molecule has 1 aromatic carbocycles. The molecule has 2 nitrogen and oxygen atoms in total. The molecule has 2 N–H and O–H groups in total. The Morgan fingerprint density at radius 1 is 1.24 bits per heavy atom. The van der Waals surface area contributed by atoms with Crippen LogP contribution < -0.4 is 5.32 Å². The van der Waals surface area contributed by atoms with Gasteiger partial charge in [0.25, 0.3) is 0 Å². The van der Waals surface area contributed by atoms with Crippen molar-refractivity contribution in [1.82, 2.24) is 0 Å². The number of aryl methyl sites for hydroxylation is 1. The Labute approximate surface area is 104 Å². The van der Waals surface area contributed by atoms with E-state index in [0.717, 1.165) is 17.2 Å². The number of anilines is 1. The average molecular weight is 233 g/mol. The van der Waals surface area contributed by atoms with Crippen LogP contribution in [-0.2, 0) is 0 Å². The van der Waals surface area contributed by atoms with E-state index in [0.29, 0.717) is 11.8 Å². The van der Waals surface area contributed by atoms with Crippen LogP contribution in [0.15, 0.2) is 18.2 Å². The van der Waals surface area contributed by atoms with Gasteiger partial charge >= 0.3 is 0 Å². The molecule has 1 aromatic rings. The lowest BCUT2D eigenvalue weighted by molar-refractivity contribution is 0.328. The van der Waals surface area contributed by atoms with Crippen molar-refractivity contribution in [2.75, 3.05) is 5.32 Å². The summed E-state index contributed by atoms with van der Waals surface area (Å²) in [5.41, 5.74) is 2.06. The van der Waals surface area contributed by atoms with Crippen LogP contribution in [0.1, 0.15) is 44.6 Å². The minimum absolute atomic E-state index is 0.376. The van der Waals surface area contributed by atoms with Crippen molar-refractivity contribution in [2.45, 2.75) is 52.0 Å². The average Bonchev–Trinajstić information content (AvgIpc) is 2.35. The first-order valence-electron chi connectivity index (χ1n) is 6.73. The number of benzene rings is 1. The number of rotatable bonds is 3. The van der Waals surface area contributed by atoms with Crippen LogP contribution in [-0.4, -0.2) is 11.1 Å². The maximum Gasteiger partial charge on any atom is 0.118 e. The SMILES string of the molecule is Cc1cc(NC(C)C2CCCCC2)ccc1O. The fraction of sp³-hybridized carbons (Fsp3) is 0.600. The van der Waals surface area contributed by atoms with Gasteiger partial charge in [-0.25, -0.2) is 0 Å². The summed E-state index contributed by atoms with van der Waals surface area (Å²) in [6.45, 7) is 4.21. The van der Waals surface area contributed by atoms with E-state index in [9.17, 15) is 5.11 Å². The predicted octanol–water partition coefficient (Wildman–Crippen LogP) is 4.08. The number of phenolic OH excluding ortho intramolecular Hbond substituents is 1. The molecule has 1 aliphatic rings. The molecule has 0 aliphatic heterocycles. The van der Waals surface area contributed by atoms with Gasteiger partial charge in [-0.3, -0.25) is 0 Å². The van der Waals surface area contributed by atoms with Gasteiger partial charge in [-0.05, 0) is 56.4 Å². The lowest BCUT2D eigenvalue weighted by Crippen LogP contribution is -2.27. The highest BCUT2D eigenvalue weighted by atomic mass is 16.3. The molecule has 0 radical (unpaired) electrons. The third-order valence-corrected chi connectivity index (χ3v) is 3.95. The molecule has 0 heterocycles. The van der Waals surface area contributed by atoms with Gasteiger partial charge < -0.3 is 10.4 Å². The zero-order valence-corrected chi connectivity index (χ0v) is 10.9. The van der Waals surface area contributed by atoms with E-state index in [4.69, 9.17) is 0 Å². The Morgan fingerprint density at radius 2 is 1.94 bits per heavy atom. The van der Waals surface area contributed by atoms with Crippen LogP contribution in [0.2, 0.25) is 0 Å². The lowest BCUT2D eigenvalue weighted by Gasteiger charge is -2.29. The molecule has 0 spiro atoms. The number of hydrogen-bond acceptors (Lipinski definition) is 2. The van der Waals surface area contributed by atoms with Gasteiger partial charge in [-0.1, -0.05) is 19.3 Å². The largest absolute Gasteiger partial charge is 0.508 e. The summed E-state index contributed by atoms with van der Waals surface area (Å²) in [5, 5.41) is 13.1. The van der Waals surface area contributed by atoms with E-state index in [1.54, 1.807) is 6.07 Å². The van der Waals surface area contributed by atoms with Crippen molar-refractivity contribution in [3.8, 4) is 5.75 Å². The maximum atomic E-state index is 9.50. The third-order valence-electron chi connectivity index (χ3n) is 3.95. The second kappa shape index (κ2) is 5.44. The Balaban J connectivity index is 1.96. The normalized spacial score (nSPS) is 18.9. The fourth-order valence-corrected chi connectivity index (χ4v) is 2.76. The number of hydrogen-bond donors (Lipinski definition) is 2. The Hall–Kier alpha value is -1.18. The molecule has 0 bridgehead atoms. The van der Waals surface area contributed by atoms with E-state index >= 15 is 0 Å². The number of aromatic hydroxyl groups is 1. The Bertz CT molecular complexity index is 369.